The number of hydrogen-bond acceptors (Lipinski definition) is 5. The molecular weight excluding hydrogens is 342 g/mol. The number of phenolic OH excluding ortho intramolecular Hbond substituents is 1. The van der Waals surface area contributed by atoms with Gasteiger partial charge in [-0.15, -0.1) is 0 Å². The van der Waals surface area contributed by atoms with Crippen molar-refractivity contribution in [2.45, 2.75) is 26.3 Å². The molecule has 0 heterocycles. The number of phenols is 1. The molecule has 0 saturated heterocycles. The molecule has 1 atom stereocenters. The molecule has 3 rings (SSSR count). The second kappa shape index (κ2) is 7.95. The molecule has 1 amide bonds. The number of benzene rings is 2. The summed E-state index contributed by atoms with van der Waals surface area (Å²) in [4.78, 5) is 24.1. The molecule has 0 saturated carbocycles. The van der Waals surface area contributed by atoms with Crippen LogP contribution in [0, 0.1) is 6.92 Å². The average molecular weight is 365 g/mol. The average Bonchev–Trinajstić information content (AvgIpc) is 2.66. The standard InChI is InChI=1S/C21H23N3O3/c1-13-7-6-10-16(21(13)27)24-20-17(11-18(20)25)22-12-19(26)23-14(2)15-8-4-3-5-9-15/h3-10,14,22,24,27H,11-12H2,1-2H3,(H,23,26). The largest absolute Gasteiger partial charge is 0.505 e. The molecule has 2 aromatic rings. The van der Waals surface area contributed by atoms with Crippen molar-refractivity contribution in [2.24, 2.45) is 0 Å². The second-order valence-electron chi connectivity index (χ2n) is 6.60. The van der Waals surface area contributed by atoms with Gasteiger partial charge in [0.25, 0.3) is 0 Å². The zero-order valence-electron chi connectivity index (χ0n) is 15.4. The maximum atomic E-state index is 12.2. The number of rotatable bonds is 7. The zero-order chi connectivity index (χ0) is 19.4. The summed E-state index contributed by atoms with van der Waals surface area (Å²) in [5, 5.41) is 19.0. The summed E-state index contributed by atoms with van der Waals surface area (Å²) in [7, 11) is 0. The maximum Gasteiger partial charge on any atom is 0.239 e. The van der Waals surface area contributed by atoms with E-state index in [0.717, 1.165) is 11.1 Å². The fourth-order valence-corrected chi connectivity index (χ4v) is 2.89. The van der Waals surface area contributed by atoms with Gasteiger partial charge in [0, 0.05) is 5.70 Å². The van der Waals surface area contributed by atoms with Crippen molar-refractivity contribution < 1.29 is 14.7 Å². The Morgan fingerprint density at radius 1 is 1.15 bits per heavy atom. The van der Waals surface area contributed by atoms with Gasteiger partial charge in [-0.25, -0.2) is 0 Å². The van der Waals surface area contributed by atoms with E-state index >= 15 is 0 Å². The minimum Gasteiger partial charge on any atom is -0.505 e. The summed E-state index contributed by atoms with van der Waals surface area (Å²) < 4.78 is 0. The van der Waals surface area contributed by atoms with Crippen LogP contribution in [0.2, 0.25) is 0 Å². The van der Waals surface area contributed by atoms with Crippen molar-refractivity contribution >= 4 is 17.4 Å². The van der Waals surface area contributed by atoms with Gasteiger partial charge in [-0.3, -0.25) is 9.59 Å². The number of para-hydroxylation sites is 1. The second-order valence-corrected chi connectivity index (χ2v) is 6.60. The molecule has 0 spiro atoms. The molecule has 1 aliphatic carbocycles. The van der Waals surface area contributed by atoms with Crippen LogP contribution >= 0.6 is 0 Å². The molecule has 1 unspecified atom stereocenters. The number of Topliss-reactive ketones (excluding diaryl/α,β-unsaturated/α-hetero) is 1. The van der Waals surface area contributed by atoms with Crippen molar-refractivity contribution in [2.75, 3.05) is 11.9 Å². The van der Waals surface area contributed by atoms with E-state index in [9.17, 15) is 14.7 Å². The highest BCUT2D eigenvalue weighted by molar-refractivity contribution is 6.07. The van der Waals surface area contributed by atoms with Gasteiger partial charge < -0.3 is 21.1 Å². The zero-order valence-corrected chi connectivity index (χ0v) is 15.4. The van der Waals surface area contributed by atoms with E-state index in [1.54, 1.807) is 25.1 Å². The Kier molecular flexibility index (Phi) is 5.45. The van der Waals surface area contributed by atoms with Gasteiger partial charge in [0.2, 0.25) is 5.91 Å². The molecule has 0 aliphatic heterocycles. The molecule has 1 aliphatic rings. The number of ketones is 1. The summed E-state index contributed by atoms with van der Waals surface area (Å²) in [6.07, 6.45) is 0.246. The van der Waals surface area contributed by atoms with Crippen molar-refractivity contribution in [1.82, 2.24) is 10.6 Å². The molecule has 140 valence electrons. The fraction of sp³-hybridized carbons (Fsp3) is 0.238. The van der Waals surface area contributed by atoms with Gasteiger partial charge in [-0.2, -0.15) is 0 Å². The van der Waals surface area contributed by atoms with Gasteiger partial charge in [-0.05, 0) is 31.0 Å². The van der Waals surface area contributed by atoms with Crippen LogP contribution in [-0.4, -0.2) is 23.3 Å². The summed E-state index contributed by atoms with van der Waals surface area (Å²) in [6.45, 7) is 3.78. The molecule has 0 fully saturated rings. The number of hydrogen-bond donors (Lipinski definition) is 4. The highest BCUT2D eigenvalue weighted by Gasteiger charge is 2.28. The molecule has 0 radical (unpaired) electrons. The maximum absolute atomic E-state index is 12.2. The van der Waals surface area contributed by atoms with Gasteiger partial charge in [0.1, 0.15) is 11.4 Å². The third kappa shape index (κ3) is 4.28. The third-order valence-electron chi connectivity index (χ3n) is 4.55. The molecule has 6 nitrogen and oxygen atoms in total. The predicted octanol–water partition coefficient (Wildman–Crippen LogP) is 2.76. The number of allylic oxidation sites excluding steroid dienone is 2. The Labute approximate surface area is 158 Å². The Morgan fingerprint density at radius 2 is 1.89 bits per heavy atom. The topological polar surface area (TPSA) is 90.5 Å². The van der Waals surface area contributed by atoms with Crippen LogP contribution in [0.5, 0.6) is 5.75 Å². The Hall–Kier alpha value is -3.28. The van der Waals surface area contributed by atoms with E-state index in [-0.39, 0.29) is 36.4 Å². The van der Waals surface area contributed by atoms with Crippen LogP contribution in [0.25, 0.3) is 0 Å². The molecule has 27 heavy (non-hydrogen) atoms. The first-order valence-electron chi connectivity index (χ1n) is 8.86. The molecule has 2 aromatic carbocycles. The quantitative estimate of drug-likeness (QED) is 0.567. The number of nitrogens with one attached hydrogen (secondary N) is 3. The summed E-state index contributed by atoms with van der Waals surface area (Å²) in [5.74, 6) is -0.106. The Bertz CT molecular complexity index is 891. The van der Waals surface area contributed by atoms with E-state index in [1.165, 1.54) is 0 Å². The van der Waals surface area contributed by atoms with Crippen LogP contribution < -0.4 is 16.0 Å². The van der Waals surface area contributed by atoms with Crippen LogP contribution in [0.4, 0.5) is 5.69 Å². The van der Waals surface area contributed by atoms with Gasteiger partial charge in [0.15, 0.2) is 5.78 Å². The summed E-state index contributed by atoms with van der Waals surface area (Å²) in [6, 6.07) is 14.9. The number of carbonyl (C=O) groups is 2. The number of carbonyl (C=O) groups excluding carboxylic acids is 2. The Balaban J connectivity index is 1.59. The number of aromatic hydroxyl groups is 1. The van der Waals surface area contributed by atoms with E-state index in [0.29, 0.717) is 17.1 Å². The first-order valence-corrected chi connectivity index (χ1v) is 8.86. The predicted molar refractivity (Wildman–Crippen MR) is 104 cm³/mol. The van der Waals surface area contributed by atoms with Crippen LogP contribution in [0.15, 0.2) is 59.9 Å². The van der Waals surface area contributed by atoms with Crippen molar-refractivity contribution in [1.29, 1.82) is 0 Å². The van der Waals surface area contributed by atoms with Crippen LogP contribution in [0.3, 0.4) is 0 Å². The molecule has 6 heteroatoms. The van der Waals surface area contributed by atoms with Crippen molar-refractivity contribution in [3.8, 4) is 5.75 Å². The lowest BCUT2D eigenvalue weighted by molar-refractivity contribution is -0.121. The SMILES string of the molecule is Cc1cccc(NC2=C(NCC(=O)NC(C)c3ccccc3)CC2=O)c1O. The fourth-order valence-electron chi connectivity index (χ4n) is 2.89. The first kappa shape index (κ1) is 18.5. The minimum atomic E-state index is -0.157. The number of anilines is 1. The van der Waals surface area contributed by atoms with E-state index in [2.05, 4.69) is 16.0 Å². The lowest BCUT2D eigenvalue weighted by Gasteiger charge is -2.25. The van der Waals surface area contributed by atoms with Crippen molar-refractivity contribution in [3.63, 3.8) is 0 Å². The Morgan fingerprint density at radius 3 is 2.59 bits per heavy atom. The summed E-state index contributed by atoms with van der Waals surface area (Å²) >= 11 is 0. The van der Waals surface area contributed by atoms with Gasteiger partial charge in [-0.1, -0.05) is 42.5 Å². The van der Waals surface area contributed by atoms with E-state index < -0.39 is 0 Å². The number of aryl methyl sites for hydroxylation is 1. The lowest BCUT2D eigenvalue weighted by Crippen LogP contribution is -2.39. The summed E-state index contributed by atoms with van der Waals surface area (Å²) in [5.41, 5.74) is 3.28. The van der Waals surface area contributed by atoms with Crippen molar-refractivity contribution in [3.05, 3.63) is 71.1 Å². The van der Waals surface area contributed by atoms with Crippen LogP contribution in [-0.2, 0) is 9.59 Å². The minimum absolute atomic E-state index is 0.0588. The van der Waals surface area contributed by atoms with Gasteiger partial charge >= 0.3 is 0 Å². The van der Waals surface area contributed by atoms with Gasteiger partial charge in [0.05, 0.1) is 24.7 Å². The molecule has 4 N–H and O–H groups in total. The highest BCUT2D eigenvalue weighted by Crippen LogP contribution is 2.31. The monoisotopic (exact) mass is 365 g/mol. The molecule has 0 aromatic heterocycles. The molecular formula is C21H23N3O3. The van der Waals surface area contributed by atoms with E-state index in [1.807, 2.05) is 37.3 Å². The normalized spacial score (nSPS) is 14.4. The van der Waals surface area contributed by atoms with E-state index in [4.69, 9.17) is 0 Å². The first-order chi connectivity index (χ1) is 13.0. The molecule has 0 bridgehead atoms. The lowest BCUT2D eigenvalue weighted by atomic mass is 9.98. The smallest absolute Gasteiger partial charge is 0.239 e. The third-order valence-corrected chi connectivity index (χ3v) is 4.55. The highest BCUT2D eigenvalue weighted by atomic mass is 16.3. The number of amides is 1. The van der Waals surface area contributed by atoms with Crippen LogP contribution in [0.1, 0.15) is 30.5 Å².